The second kappa shape index (κ2) is 7.44. The maximum absolute atomic E-state index is 13.1. The Morgan fingerprint density at radius 1 is 0.812 bits per heavy atom. The van der Waals surface area contributed by atoms with Gasteiger partial charge in [0.2, 0.25) is 0 Å². The molecule has 0 bridgehead atoms. The molecule has 0 unspecified atom stereocenters. The summed E-state index contributed by atoms with van der Waals surface area (Å²) in [6.07, 6.45) is -0.673. The summed E-state index contributed by atoms with van der Waals surface area (Å²) < 4.78 is 19.3. The first kappa shape index (κ1) is 20.7. The van der Waals surface area contributed by atoms with E-state index in [2.05, 4.69) is 6.58 Å². The standard InChI is InChI=1S/C28H26O4/c1-18(2)26(29)32-28(19-12-6-5-7-13-19)22-16-10-8-14-20(22)24-25(31-27(3,4)30-24)21-15-9-11-17-23(21)28/h5-17,24-25H,1H2,2-4H3/t24-,25-/m1/s1. The van der Waals surface area contributed by atoms with Crippen LogP contribution in [0.4, 0.5) is 0 Å². The van der Waals surface area contributed by atoms with Crippen LogP contribution >= 0.6 is 0 Å². The summed E-state index contributed by atoms with van der Waals surface area (Å²) in [6, 6.07) is 25.9. The van der Waals surface area contributed by atoms with Crippen LogP contribution in [-0.2, 0) is 24.6 Å². The Balaban J connectivity index is 1.90. The Kier molecular flexibility index (Phi) is 4.81. The highest BCUT2D eigenvalue weighted by molar-refractivity contribution is 5.88. The maximum atomic E-state index is 13.1. The molecule has 2 atom stereocenters. The van der Waals surface area contributed by atoms with Gasteiger partial charge in [-0.15, -0.1) is 0 Å². The highest BCUT2D eigenvalue weighted by atomic mass is 16.8. The summed E-state index contributed by atoms with van der Waals surface area (Å²) >= 11 is 0. The van der Waals surface area contributed by atoms with Crippen LogP contribution in [-0.4, -0.2) is 11.8 Å². The summed E-state index contributed by atoms with van der Waals surface area (Å²) in [5, 5.41) is 0. The normalized spacial score (nSPS) is 22.1. The molecule has 0 radical (unpaired) electrons. The van der Waals surface area contributed by atoms with Crippen molar-refractivity contribution in [1.29, 1.82) is 0 Å². The molecule has 32 heavy (non-hydrogen) atoms. The van der Waals surface area contributed by atoms with E-state index >= 15 is 0 Å². The molecule has 3 aromatic rings. The lowest BCUT2D eigenvalue weighted by molar-refractivity contribution is -0.152. The van der Waals surface area contributed by atoms with Crippen LogP contribution in [0.5, 0.6) is 0 Å². The highest BCUT2D eigenvalue weighted by Gasteiger charge is 2.53. The van der Waals surface area contributed by atoms with Gasteiger partial charge in [-0.2, -0.15) is 0 Å². The van der Waals surface area contributed by atoms with Crippen LogP contribution in [0.25, 0.3) is 0 Å². The topological polar surface area (TPSA) is 44.8 Å². The molecule has 1 aliphatic heterocycles. The highest BCUT2D eigenvalue weighted by Crippen LogP contribution is 2.56. The minimum atomic E-state index is -1.17. The van der Waals surface area contributed by atoms with Crippen molar-refractivity contribution in [1.82, 2.24) is 0 Å². The largest absolute Gasteiger partial charge is 0.441 e. The predicted molar refractivity (Wildman–Crippen MR) is 122 cm³/mol. The Morgan fingerprint density at radius 2 is 1.28 bits per heavy atom. The molecule has 0 amide bonds. The number of carbonyl (C=O) groups is 1. The summed E-state index contributed by atoms with van der Waals surface area (Å²) in [5.74, 6) is -1.19. The van der Waals surface area contributed by atoms with E-state index in [4.69, 9.17) is 14.2 Å². The van der Waals surface area contributed by atoms with Gasteiger partial charge in [-0.3, -0.25) is 0 Å². The predicted octanol–water partition coefficient (Wildman–Crippen LogP) is 5.98. The van der Waals surface area contributed by atoms with Crippen LogP contribution in [0.2, 0.25) is 0 Å². The van der Waals surface area contributed by atoms with Crippen LogP contribution in [0.3, 0.4) is 0 Å². The maximum Gasteiger partial charge on any atom is 0.334 e. The van der Waals surface area contributed by atoms with E-state index in [1.54, 1.807) is 6.92 Å². The third-order valence-electron chi connectivity index (χ3n) is 6.16. The number of ether oxygens (including phenoxy) is 3. The van der Waals surface area contributed by atoms with Crippen molar-refractivity contribution in [2.45, 2.75) is 44.4 Å². The number of hydrogen-bond donors (Lipinski definition) is 0. The Bertz CT molecular complexity index is 1140. The fraction of sp³-hybridized carbons (Fsp3) is 0.250. The molecule has 1 aliphatic carbocycles. The second-order valence-electron chi connectivity index (χ2n) is 8.87. The Labute approximate surface area is 188 Å². The molecule has 4 heteroatoms. The minimum Gasteiger partial charge on any atom is -0.441 e. The van der Waals surface area contributed by atoms with Gasteiger partial charge in [0.05, 0.1) is 0 Å². The first-order valence-electron chi connectivity index (χ1n) is 10.8. The molecule has 3 aromatic carbocycles. The van der Waals surface area contributed by atoms with E-state index in [9.17, 15) is 4.79 Å². The molecule has 4 nitrogen and oxygen atoms in total. The van der Waals surface area contributed by atoms with Gasteiger partial charge in [-0.25, -0.2) is 4.79 Å². The number of esters is 1. The van der Waals surface area contributed by atoms with Gasteiger partial charge in [-0.05, 0) is 31.9 Å². The lowest BCUT2D eigenvalue weighted by Gasteiger charge is -2.37. The van der Waals surface area contributed by atoms with E-state index in [-0.39, 0.29) is 12.2 Å². The minimum absolute atomic E-state index is 0.337. The van der Waals surface area contributed by atoms with Crippen molar-refractivity contribution >= 4 is 5.97 Å². The summed E-state index contributed by atoms with van der Waals surface area (Å²) in [4.78, 5) is 13.1. The average Bonchev–Trinajstić information content (AvgIpc) is 3.09. The van der Waals surface area contributed by atoms with Gasteiger partial charge in [0.15, 0.2) is 11.4 Å². The molecule has 0 saturated carbocycles. The zero-order valence-corrected chi connectivity index (χ0v) is 18.5. The second-order valence-corrected chi connectivity index (χ2v) is 8.87. The first-order valence-corrected chi connectivity index (χ1v) is 10.8. The number of benzene rings is 3. The van der Waals surface area contributed by atoms with Crippen molar-refractivity contribution in [3.8, 4) is 0 Å². The van der Waals surface area contributed by atoms with E-state index < -0.39 is 17.4 Å². The lowest BCUT2D eigenvalue weighted by Crippen LogP contribution is -2.37. The molecule has 1 heterocycles. The van der Waals surface area contributed by atoms with Crippen LogP contribution in [0.15, 0.2) is 91.0 Å². The van der Waals surface area contributed by atoms with Gasteiger partial charge in [0.1, 0.15) is 12.2 Å². The fourth-order valence-electron chi connectivity index (χ4n) is 4.87. The zero-order chi connectivity index (χ0) is 22.5. The summed E-state index contributed by atoms with van der Waals surface area (Å²) in [7, 11) is 0. The molecule has 0 N–H and O–H groups in total. The first-order chi connectivity index (χ1) is 15.3. The Morgan fingerprint density at radius 3 is 1.78 bits per heavy atom. The van der Waals surface area contributed by atoms with Gasteiger partial charge >= 0.3 is 5.97 Å². The van der Waals surface area contributed by atoms with Crippen LogP contribution in [0, 0.1) is 0 Å². The molecule has 5 rings (SSSR count). The van der Waals surface area contributed by atoms with Crippen molar-refractivity contribution < 1.29 is 19.0 Å². The molecule has 162 valence electrons. The molecule has 0 spiro atoms. The molecular formula is C28H26O4. The molecular weight excluding hydrogens is 400 g/mol. The van der Waals surface area contributed by atoms with Gasteiger partial charge in [0.25, 0.3) is 0 Å². The number of fused-ring (bicyclic) bond motifs is 5. The van der Waals surface area contributed by atoms with E-state index in [1.165, 1.54) is 0 Å². The van der Waals surface area contributed by atoms with E-state index in [0.29, 0.717) is 5.57 Å². The van der Waals surface area contributed by atoms with Crippen LogP contribution < -0.4 is 0 Å². The quantitative estimate of drug-likeness (QED) is 0.382. The van der Waals surface area contributed by atoms with Crippen molar-refractivity contribution in [2.75, 3.05) is 0 Å². The molecule has 1 fully saturated rings. The monoisotopic (exact) mass is 426 g/mol. The van der Waals surface area contributed by atoms with E-state index in [0.717, 1.165) is 27.8 Å². The summed E-state index contributed by atoms with van der Waals surface area (Å²) in [6.45, 7) is 9.36. The van der Waals surface area contributed by atoms with Crippen molar-refractivity contribution in [2.24, 2.45) is 0 Å². The lowest BCUT2D eigenvalue weighted by atomic mass is 9.77. The average molecular weight is 427 g/mol. The van der Waals surface area contributed by atoms with Crippen molar-refractivity contribution in [3.63, 3.8) is 0 Å². The van der Waals surface area contributed by atoms with Gasteiger partial charge < -0.3 is 14.2 Å². The van der Waals surface area contributed by atoms with Crippen LogP contribution in [0.1, 0.15) is 60.8 Å². The molecule has 2 aliphatic rings. The fourth-order valence-corrected chi connectivity index (χ4v) is 4.87. The third kappa shape index (κ3) is 3.10. The number of hydrogen-bond acceptors (Lipinski definition) is 4. The van der Waals surface area contributed by atoms with Crippen molar-refractivity contribution in [3.05, 3.63) is 119 Å². The van der Waals surface area contributed by atoms with Gasteiger partial charge in [-0.1, -0.05) is 85.4 Å². The van der Waals surface area contributed by atoms with E-state index in [1.807, 2.05) is 92.7 Å². The number of rotatable bonds is 3. The molecule has 1 saturated heterocycles. The smallest absolute Gasteiger partial charge is 0.334 e. The van der Waals surface area contributed by atoms with Gasteiger partial charge in [0, 0.05) is 22.3 Å². The third-order valence-corrected chi connectivity index (χ3v) is 6.16. The zero-order valence-electron chi connectivity index (χ0n) is 18.5. The molecule has 0 aromatic heterocycles. The number of carbonyl (C=O) groups excluding carboxylic acids is 1. The summed E-state index contributed by atoms with van der Waals surface area (Å²) in [5.41, 5.74) is 3.63. The SMILES string of the molecule is C=C(C)C(=O)OC1(c2ccccc2)c2ccccc2[C@H]2OC(C)(C)O[C@@H]2c2ccccc21. The Hall–Kier alpha value is -3.21.